The number of amides is 1. The van der Waals surface area contributed by atoms with Gasteiger partial charge in [-0.25, -0.2) is 0 Å². The molecule has 6 heteroatoms. The highest BCUT2D eigenvalue weighted by atomic mass is 35.5. The van der Waals surface area contributed by atoms with Crippen molar-refractivity contribution in [2.75, 3.05) is 27.4 Å². The predicted octanol–water partition coefficient (Wildman–Crippen LogP) is 4.97. The molecule has 1 atom stereocenters. The molecule has 156 valence electrons. The van der Waals surface area contributed by atoms with Gasteiger partial charge in [-0.05, 0) is 73.7 Å². The molecule has 1 unspecified atom stereocenters. The van der Waals surface area contributed by atoms with Crippen molar-refractivity contribution >= 4 is 17.5 Å². The molecule has 0 aliphatic carbocycles. The minimum Gasteiger partial charge on any atom is -0.493 e. The summed E-state index contributed by atoms with van der Waals surface area (Å²) in [6.45, 7) is 5.23. The Hall–Kier alpha value is -2.40. The third kappa shape index (κ3) is 4.78. The number of hydrogen-bond donors (Lipinski definition) is 0. The molecule has 29 heavy (non-hydrogen) atoms. The SMILES string of the molecule is COc1cc2c(cc1OC)C(C)N(C(=O)CCCOc1ccc(Cl)cc1C)CC2. The average molecular weight is 418 g/mol. The summed E-state index contributed by atoms with van der Waals surface area (Å²) in [5, 5.41) is 0.693. The van der Waals surface area contributed by atoms with Gasteiger partial charge in [0.05, 0.1) is 26.9 Å². The van der Waals surface area contributed by atoms with Gasteiger partial charge in [0.25, 0.3) is 0 Å². The number of aryl methyl sites for hydroxylation is 1. The van der Waals surface area contributed by atoms with Crippen LogP contribution in [-0.4, -0.2) is 38.2 Å². The lowest BCUT2D eigenvalue weighted by atomic mass is 9.92. The van der Waals surface area contributed by atoms with Gasteiger partial charge in [-0.2, -0.15) is 0 Å². The zero-order valence-corrected chi connectivity index (χ0v) is 18.2. The van der Waals surface area contributed by atoms with Crippen LogP contribution in [0.3, 0.4) is 0 Å². The first-order valence-corrected chi connectivity index (χ1v) is 10.3. The molecule has 1 aliphatic rings. The molecule has 1 aliphatic heterocycles. The minimum absolute atomic E-state index is 0.00508. The maximum Gasteiger partial charge on any atom is 0.223 e. The van der Waals surface area contributed by atoms with Crippen molar-refractivity contribution in [1.29, 1.82) is 0 Å². The van der Waals surface area contributed by atoms with E-state index in [1.807, 2.05) is 42.2 Å². The van der Waals surface area contributed by atoms with E-state index < -0.39 is 0 Å². The number of fused-ring (bicyclic) bond motifs is 1. The van der Waals surface area contributed by atoms with Crippen molar-refractivity contribution in [3.05, 3.63) is 52.0 Å². The van der Waals surface area contributed by atoms with Gasteiger partial charge in [0, 0.05) is 18.0 Å². The molecule has 0 N–H and O–H groups in total. The Balaban J connectivity index is 1.58. The Morgan fingerprint density at radius 2 is 1.86 bits per heavy atom. The van der Waals surface area contributed by atoms with Crippen LogP contribution in [-0.2, 0) is 11.2 Å². The Labute approximate surface area is 177 Å². The number of ether oxygens (including phenoxy) is 3. The first-order valence-electron chi connectivity index (χ1n) is 9.87. The van der Waals surface area contributed by atoms with Crippen LogP contribution in [0.4, 0.5) is 0 Å². The monoisotopic (exact) mass is 417 g/mol. The maximum atomic E-state index is 12.8. The summed E-state index contributed by atoms with van der Waals surface area (Å²) in [4.78, 5) is 14.8. The average Bonchev–Trinajstić information content (AvgIpc) is 2.71. The molecule has 0 fully saturated rings. The van der Waals surface area contributed by atoms with Crippen LogP contribution in [0.15, 0.2) is 30.3 Å². The summed E-state index contributed by atoms with van der Waals surface area (Å²) in [5.41, 5.74) is 3.32. The highest BCUT2D eigenvalue weighted by Gasteiger charge is 2.28. The zero-order valence-electron chi connectivity index (χ0n) is 17.5. The fraction of sp³-hybridized carbons (Fsp3) is 0.435. The van der Waals surface area contributed by atoms with Crippen LogP contribution in [0.1, 0.15) is 42.5 Å². The van der Waals surface area contributed by atoms with E-state index in [0.717, 1.165) is 29.0 Å². The summed E-state index contributed by atoms with van der Waals surface area (Å²) < 4.78 is 16.6. The summed E-state index contributed by atoms with van der Waals surface area (Å²) >= 11 is 5.97. The number of nitrogens with zero attached hydrogens (tertiary/aromatic N) is 1. The quantitative estimate of drug-likeness (QED) is 0.597. The van der Waals surface area contributed by atoms with Gasteiger partial charge in [-0.1, -0.05) is 11.6 Å². The fourth-order valence-electron chi connectivity index (χ4n) is 3.81. The number of benzene rings is 2. The molecular weight excluding hydrogens is 390 g/mol. The van der Waals surface area contributed by atoms with Gasteiger partial charge in [-0.15, -0.1) is 0 Å². The molecule has 2 aromatic carbocycles. The number of halogens is 1. The molecule has 1 amide bonds. The van der Waals surface area contributed by atoms with Crippen LogP contribution in [0.5, 0.6) is 17.2 Å². The molecule has 2 aromatic rings. The molecule has 3 rings (SSSR count). The predicted molar refractivity (Wildman–Crippen MR) is 114 cm³/mol. The molecule has 0 radical (unpaired) electrons. The number of carbonyl (C=O) groups excluding carboxylic acids is 1. The Kier molecular flexibility index (Phi) is 6.91. The van der Waals surface area contributed by atoms with Gasteiger partial charge < -0.3 is 19.1 Å². The lowest BCUT2D eigenvalue weighted by molar-refractivity contribution is -0.134. The van der Waals surface area contributed by atoms with E-state index >= 15 is 0 Å². The highest BCUT2D eigenvalue weighted by Crippen LogP contribution is 2.38. The fourth-order valence-corrected chi connectivity index (χ4v) is 4.04. The van der Waals surface area contributed by atoms with E-state index in [1.54, 1.807) is 14.2 Å². The molecule has 0 spiro atoms. The van der Waals surface area contributed by atoms with Crippen LogP contribution < -0.4 is 14.2 Å². The second kappa shape index (κ2) is 9.40. The first kappa shape index (κ1) is 21.3. The van der Waals surface area contributed by atoms with Crippen molar-refractivity contribution in [1.82, 2.24) is 4.90 Å². The van der Waals surface area contributed by atoms with Crippen LogP contribution in [0.2, 0.25) is 5.02 Å². The van der Waals surface area contributed by atoms with Crippen molar-refractivity contribution in [3.63, 3.8) is 0 Å². The maximum absolute atomic E-state index is 12.8. The van der Waals surface area contributed by atoms with Crippen molar-refractivity contribution in [3.8, 4) is 17.2 Å². The highest BCUT2D eigenvalue weighted by molar-refractivity contribution is 6.30. The van der Waals surface area contributed by atoms with Gasteiger partial charge in [0.1, 0.15) is 5.75 Å². The number of hydrogen-bond acceptors (Lipinski definition) is 4. The number of carbonyl (C=O) groups is 1. The van der Waals surface area contributed by atoms with E-state index in [4.69, 9.17) is 25.8 Å². The molecule has 0 aromatic heterocycles. The third-order valence-corrected chi connectivity index (χ3v) is 5.67. The van der Waals surface area contributed by atoms with E-state index in [2.05, 4.69) is 6.92 Å². The number of methoxy groups -OCH3 is 2. The topological polar surface area (TPSA) is 48.0 Å². The van der Waals surface area contributed by atoms with E-state index in [9.17, 15) is 4.79 Å². The lowest BCUT2D eigenvalue weighted by Gasteiger charge is -2.36. The standard InChI is InChI=1S/C23H28ClNO4/c1-15-12-18(24)7-8-20(15)29-11-5-6-23(26)25-10-9-17-13-21(27-3)22(28-4)14-19(17)16(25)2/h7-8,12-14,16H,5-6,9-11H2,1-4H3. The van der Waals surface area contributed by atoms with Crippen molar-refractivity contribution in [2.45, 2.75) is 39.2 Å². The van der Waals surface area contributed by atoms with Crippen LogP contribution >= 0.6 is 11.6 Å². The molecule has 1 heterocycles. The summed E-state index contributed by atoms with van der Waals surface area (Å²) in [6.07, 6.45) is 1.94. The van der Waals surface area contributed by atoms with E-state index in [-0.39, 0.29) is 11.9 Å². The van der Waals surface area contributed by atoms with Crippen LogP contribution in [0.25, 0.3) is 0 Å². The Bertz CT molecular complexity index is 883. The third-order valence-electron chi connectivity index (χ3n) is 5.43. The van der Waals surface area contributed by atoms with Crippen molar-refractivity contribution in [2.24, 2.45) is 0 Å². The number of rotatable bonds is 7. The molecule has 5 nitrogen and oxygen atoms in total. The molecule has 0 bridgehead atoms. The second-order valence-corrected chi connectivity index (χ2v) is 7.72. The van der Waals surface area contributed by atoms with Gasteiger partial charge in [0.15, 0.2) is 11.5 Å². The largest absolute Gasteiger partial charge is 0.493 e. The van der Waals surface area contributed by atoms with E-state index in [1.165, 1.54) is 5.56 Å². The van der Waals surface area contributed by atoms with E-state index in [0.29, 0.717) is 36.8 Å². The summed E-state index contributed by atoms with van der Waals surface area (Å²) in [7, 11) is 3.27. The lowest BCUT2D eigenvalue weighted by Crippen LogP contribution is -2.38. The Morgan fingerprint density at radius 3 is 2.55 bits per heavy atom. The smallest absolute Gasteiger partial charge is 0.223 e. The first-order chi connectivity index (χ1) is 13.9. The van der Waals surface area contributed by atoms with Gasteiger partial charge in [-0.3, -0.25) is 4.79 Å². The molecule has 0 saturated heterocycles. The zero-order chi connectivity index (χ0) is 21.0. The van der Waals surface area contributed by atoms with Gasteiger partial charge in [0.2, 0.25) is 5.91 Å². The Morgan fingerprint density at radius 1 is 1.14 bits per heavy atom. The minimum atomic E-state index is 0.00508. The van der Waals surface area contributed by atoms with Crippen LogP contribution in [0, 0.1) is 6.92 Å². The van der Waals surface area contributed by atoms with Crippen molar-refractivity contribution < 1.29 is 19.0 Å². The van der Waals surface area contributed by atoms with Gasteiger partial charge >= 0.3 is 0 Å². The summed E-state index contributed by atoms with van der Waals surface area (Å²) in [5.74, 6) is 2.38. The summed E-state index contributed by atoms with van der Waals surface area (Å²) in [6, 6.07) is 9.57. The molecule has 0 saturated carbocycles. The normalized spacial score (nSPS) is 15.6. The molecular formula is C23H28ClNO4. The second-order valence-electron chi connectivity index (χ2n) is 7.28.